The molecule has 0 aliphatic carbocycles. The van der Waals surface area contributed by atoms with Crippen LogP contribution in [0.3, 0.4) is 0 Å². The van der Waals surface area contributed by atoms with Gasteiger partial charge in [0.2, 0.25) is 0 Å². The highest BCUT2D eigenvalue weighted by Gasteiger charge is 2.08. The molecule has 4 nitrogen and oxygen atoms in total. The summed E-state index contributed by atoms with van der Waals surface area (Å²) >= 11 is 0. The summed E-state index contributed by atoms with van der Waals surface area (Å²) < 4.78 is 9.90. The standard InChI is InChI=1S/C15H24O4/c1-4-5-6-7-11-18-14(16)8-9-15(17)19-12-10-13(2)3/h5-6,10H,4,7-9,11-12H2,1-3H3/b6-5+. The van der Waals surface area contributed by atoms with Crippen LogP contribution in [0.25, 0.3) is 0 Å². The summed E-state index contributed by atoms with van der Waals surface area (Å²) in [6, 6.07) is 0. The minimum Gasteiger partial charge on any atom is -0.465 e. The Labute approximate surface area is 115 Å². The van der Waals surface area contributed by atoms with Gasteiger partial charge in [-0.25, -0.2) is 0 Å². The van der Waals surface area contributed by atoms with E-state index in [0.29, 0.717) is 13.0 Å². The van der Waals surface area contributed by atoms with Gasteiger partial charge < -0.3 is 9.47 Å². The topological polar surface area (TPSA) is 52.6 Å². The Kier molecular flexibility index (Phi) is 10.6. The van der Waals surface area contributed by atoms with Crippen molar-refractivity contribution in [3.8, 4) is 0 Å². The molecular weight excluding hydrogens is 244 g/mol. The Bertz CT molecular complexity index is 325. The maximum absolute atomic E-state index is 11.3. The normalized spacial score (nSPS) is 10.3. The van der Waals surface area contributed by atoms with Crippen LogP contribution >= 0.6 is 0 Å². The highest BCUT2D eigenvalue weighted by Crippen LogP contribution is 1.98. The monoisotopic (exact) mass is 268 g/mol. The minimum absolute atomic E-state index is 0.0697. The molecule has 0 saturated carbocycles. The molecule has 0 unspecified atom stereocenters. The van der Waals surface area contributed by atoms with Gasteiger partial charge in [0.25, 0.3) is 0 Å². The molecule has 0 fully saturated rings. The number of hydrogen-bond donors (Lipinski definition) is 0. The fourth-order valence-electron chi connectivity index (χ4n) is 1.18. The molecule has 0 aromatic rings. The number of rotatable bonds is 9. The van der Waals surface area contributed by atoms with Crippen LogP contribution in [0, 0.1) is 0 Å². The largest absolute Gasteiger partial charge is 0.465 e. The number of carbonyl (C=O) groups excluding carboxylic acids is 2. The molecule has 0 atom stereocenters. The first-order chi connectivity index (χ1) is 9.06. The van der Waals surface area contributed by atoms with Crippen LogP contribution in [0.2, 0.25) is 0 Å². The summed E-state index contributed by atoms with van der Waals surface area (Å²) in [6.07, 6.45) is 7.65. The Morgan fingerprint density at radius 2 is 1.63 bits per heavy atom. The number of hydrogen-bond acceptors (Lipinski definition) is 4. The van der Waals surface area contributed by atoms with Crippen molar-refractivity contribution < 1.29 is 19.1 Å². The van der Waals surface area contributed by atoms with Crippen molar-refractivity contribution in [2.45, 2.75) is 46.5 Å². The molecule has 19 heavy (non-hydrogen) atoms. The second kappa shape index (κ2) is 11.5. The van der Waals surface area contributed by atoms with Gasteiger partial charge in [-0.05, 0) is 32.8 Å². The van der Waals surface area contributed by atoms with E-state index in [4.69, 9.17) is 9.47 Å². The fraction of sp³-hybridized carbons (Fsp3) is 0.600. The number of allylic oxidation sites excluding steroid dienone is 2. The molecule has 108 valence electrons. The fourth-order valence-corrected chi connectivity index (χ4v) is 1.18. The van der Waals surface area contributed by atoms with Crippen LogP contribution in [0.4, 0.5) is 0 Å². The summed E-state index contributed by atoms with van der Waals surface area (Å²) in [5.41, 5.74) is 1.09. The molecule has 0 aliphatic heterocycles. The lowest BCUT2D eigenvalue weighted by atomic mass is 10.3. The van der Waals surface area contributed by atoms with E-state index >= 15 is 0 Å². The van der Waals surface area contributed by atoms with E-state index in [1.165, 1.54) is 0 Å². The van der Waals surface area contributed by atoms with Gasteiger partial charge in [-0.3, -0.25) is 9.59 Å². The van der Waals surface area contributed by atoms with Crippen LogP contribution in [-0.2, 0) is 19.1 Å². The van der Waals surface area contributed by atoms with Crippen LogP contribution < -0.4 is 0 Å². The van der Waals surface area contributed by atoms with Gasteiger partial charge in [-0.15, -0.1) is 0 Å². The van der Waals surface area contributed by atoms with Crippen LogP contribution in [-0.4, -0.2) is 25.2 Å². The summed E-state index contributed by atoms with van der Waals surface area (Å²) in [4.78, 5) is 22.6. The summed E-state index contributed by atoms with van der Waals surface area (Å²) in [5, 5.41) is 0. The molecule has 0 aliphatic rings. The highest BCUT2D eigenvalue weighted by atomic mass is 16.5. The van der Waals surface area contributed by atoms with Crippen molar-refractivity contribution in [1.29, 1.82) is 0 Å². The van der Waals surface area contributed by atoms with Crippen molar-refractivity contribution in [2.75, 3.05) is 13.2 Å². The molecule has 4 heteroatoms. The predicted molar refractivity (Wildman–Crippen MR) is 74.6 cm³/mol. The van der Waals surface area contributed by atoms with Gasteiger partial charge in [-0.2, -0.15) is 0 Å². The van der Waals surface area contributed by atoms with Crippen molar-refractivity contribution in [1.82, 2.24) is 0 Å². The minimum atomic E-state index is -0.375. The lowest BCUT2D eigenvalue weighted by molar-refractivity contribution is -0.149. The highest BCUT2D eigenvalue weighted by molar-refractivity contribution is 5.77. The first kappa shape index (κ1) is 17.4. The lowest BCUT2D eigenvalue weighted by Gasteiger charge is -2.03. The first-order valence-electron chi connectivity index (χ1n) is 6.65. The molecule has 0 aromatic heterocycles. The third-order valence-electron chi connectivity index (χ3n) is 2.22. The molecule has 0 rings (SSSR count). The van der Waals surface area contributed by atoms with Crippen molar-refractivity contribution in [3.63, 3.8) is 0 Å². The average Bonchev–Trinajstić information content (AvgIpc) is 2.35. The Morgan fingerprint density at radius 1 is 1.00 bits per heavy atom. The molecule has 0 amide bonds. The van der Waals surface area contributed by atoms with Crippen LogP contribution in [0.5, 0.6) is 0 Å². The maximum atomic E-state index is 11.3. The zero-order valence-electron chi connectivity index (χ0n) is 12.1. The van der Waals surface area contributed by atoms with E-state index in [9.17, 15) is 9.59 Å². The molecule has 0 N–H and O–H groups in total. The smallest absolute Gasteiger partial charge is 0.306 e. The Hall–Kier alpha value is -1.58. The second-order valence-corrected chi connectivity index (χ2v) is 4.35. The molecule has 0 radical (unpaired) electrons. The van der Waals surface area contributed by atoms with E-state index in [1.54, 1.807) is 0 Å². The van der Waals surface area contributed by atoms with Gasteiger partial charge in [0, 0.05) is 0 Å². The van der Waals surface area contributed by atoms with E-state index in [-0.39, 0.29) is 31.4 Å². The maximum Gasteiger partial charge on any atom is 0.306 e. The predicted octanol–water partition coefficient (Wildman–Crippen LogP) is 3.18. The zero-order valence-corrected chi connectivity index (χ0v) is 12.1. The quantitative estimate of drug-likeness (QED) is 0.366. The van der Waals surface area contributed by atoms with Crippen LogP contribution in [0.1, 0.15) is 46.5 Å². The SMILES string of the molecule is CC/C=C/CCOC(=O)CCC(=O)OCC=C(C)C. The Balaban J connectivity index is 3.58. The van der Waals surface area contributed by atoms with Gasteiger partial charge >= 0.3 is 11.9 Å². The first-order valence-corrected chi connectivity index (χ1v) is 6.65. The summed E-state index contributed by atoms with van der Waals surface area (Å²) in [7, 11) is 0. The molecule has 0 spiro atoms. The molecule has 0 aromatic carbocycles. The number of carbonyl (C=O) groups is 2. The lowest BCUT2D eigenvalue weighted by Crippen LogP contribution is -2.10. The molecule has 0 saturated heterocycles. The van der Waals surface area contributed by atoms with Crippen LogP contribution in [0.15, 0.2) is 23.8 Å². The van der Waals surface area contributed by atoms with Crippen molar-refractivity contribution in [2.24, 2.45) is 0 Å². The summed E-state index contributed by atoms with van der Waals surface area (Å²) in [6.45, 7) is 6.53. The summed E-state index contributed by atoms with van der Waals surface area (Å²) in [5.74, 6) is -0.732. The van der Waals surface area contributed by atoms with E-state index in [2.05, 4.69) is 0 Å². The molecule has 0 heterocycles. The van der Waals surface area contributed by atoms with E-state index in [1.807, 2.05) is 39.0 Å². The number of ether oxygens (including phenoxy) is 2. The third kappa shape index (κ3) is 12.7. The van der Waals surface area contributed by atoms with Gasteiger partial charge in [0.05, 0.1) is 19.4 Å². The van der Waals surface area contributed by atoms with E-state index in [0.717, 1.165) is 12.0 Å². The third-order valence-corrected chi connectivity index (χ3v) is 2.22. The number of esters is 2. The Morgan fingerprint density at radius 3 is 2.21 bits per heavy atom. The van der Waals surface area contributed by atoms with Crippen molar-refractivity contribution >= 4 is 11.9 Å². The second-order valence-electron chi connectivity index (χ2n) is 4.35. The molecular formula is C15H24O4. The zero-order chi connectivity index (χ0) is 14.5. The van der Waals surface area contributed by atoms with E-state index < -0.39 is 0 Å². The molecule has 0 bridgehead atoms. The average molecular weight is 268 g/mol. The van der Waals surface area contributed by atoms with Crippen molar-refractivity contribution in [3.05, 3.63) is 23.8 Å². The van der Waals surface area contributed by atoms with Gasteiger partial charge in [0.15, 0.2) is 0 Å². The van der Waals surface area contributed by atoms with Gasteiger partial charge in [0.1, 0.15) is 6.61 Å². The van der Waals surface area contributed by atoms with Gasteiger partial charge in [-0.1, -0.05) is 24.6 Å².